The average molecular weight is 397 g/mol. The predicted octanol–water partition coefficient (Wildman–Crippen LogP) is 3.23. The van der Waals surface area contributed by atoms with Gasteiger partial charge in [0, 0.05) is 51.0 Å². The zero-order valence-electron chi connectivity index (χ0n) is 16.7. The molecular weight excluding hydrogens is 367 g/mol. The first kappa shape index (κ1) is 19.7. The maximum atomic E-state index is 13.1. The number of nitrogens with zero attached hydrogens (tertiary/aromatic N) is 2. The van der Waals surface area contributed by atoms with Gasteiger partial charge in [0.2, 0.25) is 0 Å². The zero-order valence-corrected chi connectivity index (χ0v) is 16.7. The van der Waals surface area contributed by atoms with E-state index in [9.17, 15) is 9.18 Å². The summed E-state index contributed by atoms with van der Waals surface area (Å²) in [6.07, 6.45) is 2.02. The monoisotopic (exact) mass is 396 g/mol. The first-order valence-electron chi connectivity index (χ1n) is 10.5. The Kier molecular flexibility index (Phi) is 6.30. The van der Waals surface area contributed by atoms with Gasteiger partial charge in [-0.2, -0.15) is 0 Å². The van der Waals surface area contributed by atoms with Crippen molar-refractivity contribution in [1.82, 2.24) is 15.5 Å². The van der Waals surface area contributed by atoms with Crippen molar-refractivity contribution in [3.05, 3.63) is 66.0 Å². The molecule has 2 amide bonds. The van der Waals surface area contributed by atoms with Gasteiger partial charge in [0.15, 0.2) is 0 Å². The Labute approximate surface area is 171 Å². The van der Waals surface area contributed by atoms with Crippen LogP contribution in [0.4, 0.5) is 14.9 Å². The number of carbonyl (C=O) groups is 1. The van der Waals surface area contributed by atoms with E-state index < -0.39 is 0 Å². The molecule has 0 bridgehead atoms. The van der Waals surface area contributed by atoms with Gasteiger partial charge in [-0.3, -0.25) is 4.90 Å². The van der Waals surface area contributed by atoms with Gasteiger partial charge in [-0.15, -0.1) is 0 Å². The van der Waals surface area contributed by atoms with Crippen LogP contribution in [0.1, 0.15) is 18.4 Å². The fraction of sp³-hybridized carbons (Fsp3) is 0.435. The molecule has 2 atom stereocenters. The second kappa shape index (κ2) is 9.27. The van der Waals surface area contributed by atoms with Crippen molar-refractivity contribution in [2.75, 3.05) is 37.6 Å². The molecule has 2 aliphatic rings. The van der Waals surface area contributed by atoms with E-state index in [1.807, 2.05) is 18.2 Å². The molecule has 2 unspecified atom stereocenters. The Morgan fingerprint density at radius 2 is 1.79 bits per heavy atom. The Morgan fingerprint density at radius 3 is 2.59 bits per heavy atom. The molecule has 6 heteroatoms. The van der Waals surface area contributed by atoms with Crippen LogP contribution in [0.15, 0.2) is 54.6 Å². The topological polar surface area (TPSA) is 47.6 Å². The smallest absolute Gasteiger partial charge is 0.315 e. The lowest BCUT2D eigenvalue weighted by Gasteiger charge is -2.19. The normalized spacial score (nSPS) is 22.0. The van der Waals surface area contributed by atoms with Gasteiger partial charge < -0.3 is 15.5 Å². The molecule has 29 heavy (non-hydrogen) atoms. The predicted molar refractivity (Wildman–Crippen MR) is 113 cm³/mol. The highest BCUT2D eigenvalue weighted by Gasteiger charge is 2.26. The number of likely N-dealkylation sites (tertiary alicyclic amines) is 1. The number of carbonyl (C=O) groups excluding carboxylic acids is 1. The first-order valence-corrected chi connectivity index (χ1v) is 10.5. The summed E-state index contributed by atoms with van der Waals surface area (Å²) >= 11 is 0. The van der Waals surface area contributed by atoms with E-state index in [0.29, 0.717) is 12.5 Å². The minimum absolute atomic E-state index is 0.0724. The van der Waals surface area contributed by atoms with E-state index in [1.165, 1.54) is 17.7 Å². The van der Waals surface area contributed by atoms with Crippen molar-refractivity contribution >= 4 is 11.7 Å². The van der Waals surface area contributed by atoms with Crippen molar-refractivity contribution in [3.8, 4) is 0 Å². The fourth-order valence-corrected chi connectivity index (χ4v) is 4.29. The number of benzene rings is 2. The number of rotatable bonds is 6. The third-order valence-corrected chi connectivity index (χ3v) is 5.89. The summed E-state index contributed by atoms with van der Waals surface area (Å²) in [5, 5.41) is 6.16. The van der Waals surface area contributed by atoms with E-state index in [-0.39, 0.29) is 17.9 Å². The number of amides is 2. The van der Waals surface area contributed by atoms with Gasteiger partial charge in [-0.25, -0.2) is 9.18 Å². The SMILES string of the molecule is O=C(NCC1CCN(c2ccc(F)cc2)C1)NC1CCN(Cc2ccccc2)C1. The minimum atomic E-state index is -0.211. The lowest BCUT2D eigenvalue weighted by atomic mass is 10.1. The van der Waals surface area contributed by atoms with E-state index in [0.717, 1.165) is 51.3 Å². The number of hydrogen-bond donors (Lipinski definition) is 2. The Bertz CT molecular complexity index is 798. The second-order valence-electron chi connectivity index (χ2n) is 8.14. The van der Waals surface area contributed by atoms with Crippen LogP contribution in [0.5, 0.6) is 0 Å². The van der Waals surface area contributed by atoms with E-state index in [1.54, 1.807) is 0 Å². The van der Waals surface area contributed by atoms with E-state index in [4.69, 9.17) is 0 Å². The second-order valence-corrected chi connectivity index (χ2v) is 8.14. The highest BCUT2D eigenvalue weighted by molar-refractivity contribution is 5.74. The van der Waals surface area contributed by atoms with Gasteiger partial charge in [0.1, 0.15) is 5.82 Å². The molecular formula is C23H29FN4O. The molecule has 4 rings (SSSR count). The molecule has 0 radical (unpaired) electrons. The third-order valence-electron chi connectivity index (χ3n) is 5.89. The molecule has 0 aromatic heterocycles. The zero-order chi connectivity index (χ0) is 20.1. The Balaban J connectivity index is 1.16. The van der Waals surface area contributed by atoms with Crippen molar-refractivity contribution < 1.29 is 9.18 Å². The van der Waals surface area contributed by atoms with Crippen molar-refractivity contribution in [1.29, 1.82) is 0 Å². The Hall–Kier alpha value is -2.60. The highest BCUT2D eigenvalue weighted by Crippen LogP contribution is 2.23. The molecule has 2 N–H and O–H groups in total. The summed E-state index contributed by atoms with van der Waals surface area (Å²) in [6, 6.07) is 17.2. The molecule has 0 saturated carbocycles. The molecule has 2 aromatic carbocycles. The molecule has 0 spiro atoms. The van der Waals surface area contributed by atoms with Crippen molar-refractivity contribution in [2.24, 2.45) is 5.92 Å². The first-order chi connectivity index (χ1) is 14.2. The molecule has 0 aliphatic carbocycles. The number of anilines is 1. The summed E-state index contributed by atoms with van der Waals surface area (Å²) in [6.45, 7) is 5.34. The van der Waals surface area contributed by atoms with Gasteiger partial charge in [-0.05, 0) is 48.6 Å². The van der Waals surface area contributed by atoms with Crippen LogP contribution in [0.25, 0.3) is 0 Å². The molecule has 2 aliphatic heterocycles. The van der Waals surface area contributed by atoms with E-state index >= 15 is 0 Å². The maximum Gasteiger partial charge on any atom is 0.315 e. The van der Waals surface area contributed by atoms with Gasteiger partial charge >= 0.3 is 6.03 Å². The fourth-order valence-electron chi connectivity index (χ4n) is 4.29. The highest BCUT2D eigenvalue weighted by atomic mass is 19.1. The summed E-state index contributed by atoms with van der Waals surface area (Å²) in [7, 11) is 0. The van der Waals surface area contributed by atoms with Crippen LogP contribution in [0.2, 0.25) is 0 Å². The largest absolute Gasteiger partial charge is 0.371 e. The third kappa shape index (κ3) is 5.48. The Morgan fingerprint density at radius 1 is 1.00 bits per heavy atom. The lowest BCUT2D eigenvalue weighted by Crippen LogP contribution is -2.44. The summed E-state index contributed by atoms with van der Waals surface area (Å²) in [5.41, 5.74) is 2.35. The van der Waals surface area contributed by atoms with Crippen LogP contribution < -0.4 is 15.5 Å². The maximum absolute atomic E-state index is 13.1. The summed E-state index contributed by atoms with van der Waals surface area (Å²) in [4.78, 5) is 17.0. The van der Waals surface area contributed by atoms with Crippen LogP contribution in [0, 0.1) is 11.7 Å². The summed E-state index contributed by atoms with van der Waals surface area (Å²) in [5.74, 6) is 0.209. The van der Waals surface area contributed by atoms with Crippen molar-refractivity contribution in [3.63, 3.8) is 0 Å². The number of urea groups is 1. The number of hydrogen-bond acceptors (Lipinski definition) is 3. The van der Waals surface area contributed by atoms with Crippen LogP contribution in [-0.4, -0.2) is 49.7 Å². The quantitative estimate of drug-likeness (QED) is 0.788. The molecule has 2 aromatic rings. The van der Waals surface area contributed by atoms with Gasteiger partial charge in [0.25, 0.3) is 0 Å². The van der Waals surface area contributed by atoms with E-state index in [2.05, 4.69) is 44.7 Å². The molecule has 154 valence electrons. The average Bonchev–Trinajstić information content (AvgIpc) is 3.37. The summed E-state index contributed by atoms with van der Waals surface area (Å²) < 4.78 is 13.1. The van der Waals surface area contributed by atoms with Crippen molar-refractivity contribution in [2.45, 2.75) is 25.4 Å². The minimum Gasteiger partial charge on any atom is -0.371 e. The van der Waals surface area contributed by atoms with Crippen LogP contribution >= 0.6 is 0 Å². The number of nitrogens with one attached hydrogen (secondary N) is 2. The van der Waals surface area contributed by atoms with Gasteiger partial charge in [0.05, 0.1) is 0 Å². The van der Waals surface area contributed by atoms with Crippen LogP contribution in [-0.2, 0) is 6.54 Å². The molecule has 2 fully saturated rings. The number of halogens is 1. The van der Waals surface area contributed by atoms with Gasteiger partial charge in [-0.1, -0.05) is 30.3 Å². The molecule has 2 heterocycles. The lowest BCUT2D eigenvalue weighted by molar-refractivity contribution is 0.234. The standard InChI is InChI=1S/C23H29FN4O/c24-20-6-8-22(9-7-20)28-13-10-19(16-28)14-25-23(29)26-21-11-12-27(17-21)15-18-4-2-1-3-5-18/h1-9,19,21H,10-17H2,(H2,25,26,29). The van der Waals surface area contributed by atoms with Crippen LogP contribution in [0.3, 0.4) is 0 Å². The molecule has 2 saturated heterocycles. The molecule has 5 nitrogen and oxygen atoms in total.